The van der Waals surface area contributed by atoms with E-state index in [2.05, 4.69) is 49.2 Å². The van der Waals surface area contributed by atoms with Crippen molar-refractivity contribution >= 4 is 21.8 Å². The predicted octanol–water partition coefficient (Wildman–Crippen LogP) is 9.11. The molecule has 0 spiro atoms. The Kier molecular flexibility index (Phi) is 10.5. The Morgan fingerprint density at radius 1 is 0.529 bits per heavy atom. The third-order valence-electron chi connectivity index (χ3n) is 8.23. The van der Waals surface area contributed by atoms with Gasteiger partial charge in [0.25, 0.3) is 0 Å². The van der Waals surface area contributed by atoms with Crippen molar-refractivity contribution in [3.8, 4) is 51.5 Å². The van der Waals surface area contributed by atoms with Crippen molar-refractivity contribution in [3.05, 3.63) is 144 Å². The smallest absolute Gasteiger partial charge is 0.503 e. The van der Waals surface area contributed by atoms with Gasteiger partial charge in [0.2, 0.25) is 5.95 Å². The van der Waals surface area contributed by atoms with Crippen LogP contribution in [0, 0.1) is 52.0 Å². The van der Waals surface area contributed by atoms with Gasteiger partial charge in [-0.25, -0.2) is 15.0 Å². The fourth-order valence-electron chi connectivity index (χ4n) is 5.68. The van der Waals surface area contributed by atoms with E-state index in [-0.39, 0.29) is 40.8 Å². The first-order valence-electron chi connectivity index (χ1n) is 15.7. The van der Waals surface area contributed by atoms with Gasteiger partial charge in [-0.3, -0.25) is 0 Å². The van der Waals surface area contributed by atoms with Crippen molar-refractivity contribution in [2.75, 3.05) is 0 Å². The van der Waals surface area contributed by atoms with Crippen LogP contribution in [0.15, 0.2) is 97.8 Å². The van der Waals surface area contributed by atoms with E-state index >= 15 is 0 Å². The van der Waals surface area contributed by atoms with Crippen LogP contribution in [-0.2, 0) is 40.8 Å². The van der Waals surface area contributed by atoms with E-state index < -0.39 is 0 Å². The summed E-state index contributed by atoms with van der Waals surface area (Å²) in [5.41, 5.74) is 8.92. The maximum atomic E-state index is 6.42. The molecule has 4 aromatic heterocycles. The standard InChI is InChI=1S/C41H28N6O2.2Pd/c1-25-13-15-43-35(17-25)29-7-5-27(3)39(19-29)48-31-9-11-33-34-12-10-32(22-38(34)47(37(33)21-31)41-45-23-42-24-46-41)49-40-20-30(8-6-28(40)4)36-18-26(2)14-16-44-36;;/h5-18,23-24H,1-4H3;;/q-4;2*+2. The number of hydrogen-bond acceptors (Lipinski definition) is 7. The summed E-state index contributed by atoms with van der Waals surface area (Å²) < 4.78 is 14.7. The predicted molar refractivity (Wildman–Crippen MR) is 188 cm³/mol. The van der Waals surface area contributed by atoms with Crippen molar-refractivity contribution in [3.63, 3.8) is 0 Å². The normalized spacial score (nSPS) is 10.8. The number of rotatable bonds is 7. The van der Waals surface area contributed by atoms with Crippen LogP contribution in [-0.4, -0.2) is 29.5 Å². The second-order valence-electron chi connectivity index (χ2n) is 11.9. The molecule has 4 aromatic carbocycles. The first-order chi connectivity index (χ1) is 23.9. The molecule has 51 heavy (non-hydrogen) atoms. The second-order valence-corrected chi connectivity index (χ2v) is 11.9. The molecular weight excluding hydrogens is 821 g/mol. The summed E-state index contributed by atoms with van der Waals surface area (Å²) >= 11 is 0. The van der Waals surface area contributed by atoms with Gasteiger partial charge in [-0.15, -0.1) is 59.7 Å². The molecule has 0 N–H and O–H groups in total. The van der Waals surface area contributed by atoms with E-state index in [0.717, 1.165) is 66.6 Å². The molecule has 0 aliphatic rings. The van der Waals surface area contributed by atoms with Gasteiger partial charge in [0.1, 0.15) is 12.7 Å². The van der Waals surface area contributed by atoms with E-state index in [1.54, 1.807) is 12.4 Å². The van der Waals surface area contributed by atoms with Crippen LogP contribution in [0.4, 0.5) is 0 Å². The van der Waals surface area contributed by atoms with Crippen LogP contribution in [0.5, 0.6) is 23.0 Å². The van der Waals surface area contributed by atoms with E-state index in [1.807, 2.05) is 105 Å². The Labute approximate surface area is 323 Å². The number of fused-ring (bicyclic) bond motifs is 3. The number of nitrogens with zero attached hydrogens (tertiary/aromatic N) is 6. The zero-order chi connectivity index (χ0) is 33.5. The molecule has 0 radical (unpaired) electrons. The average Bonchev–Trinajstić information content (AvgIpc) is 3.43. The quantitative estimate of drug-likeness (QED) is 0.117. The first kappa shape index (κ1) is 35.7. The van der Waals surface area contributed by atoms with Gasteiger partial charge in [-0.2, -0.15) is 22.9 Å². The van der Waals surface area contributed by atoms with Crippen LogP contribution in [0.25, 0.3) is 50.3 Å². The summed E-state index contributed by atoms with van der Waals surface area (Å²) in [6.45, 7) is 8.06. The van der Waals surface area contributed by atoms with Gasteiger partial charge >= 0.3 is 40.8 Å². The SMILES string of the molecule is Cc1ccnc(-c2[c-]c(Oc3[c-]c4c(cc3)c3ccc(Oc5[c-]c(-c6cc(C)ccn6)ccc5C)[c-]c3n4-c3ncncn3)c(C)cc2)c1.[Pd+2].[Pd+2]. The number of hydrogen-bond donors (Lipinski definition) is 0. The topological polar surface area (TPSA) is 87.8 Å². The van der Waals surface area contributed by atoms with Crippen LogP contribution < -0.4 is 9.47 Å². The van der Waals surface area contributed by atoms with Crippen molar-refractivity contribution in [1.82, 2.24) is 29.5 Å². The monoisotopic (exact) mass is 848 g/mol. The minimum Gasteiger partial charge on any atom is -0.503 e. The van der Waals surface area contributed by atoms with Crippen LogP contribution in [0.3, 0.4) is 0 Å². The summed E-state index contributed by atoms with van der Waals surface area (Å²) in [7, 11) is 0. The molecule has 8 aromatic rings. The first-order valence-corrected chi connectivity index (χ1v) is 15.7. The summed E-state index contributed by atoms with van der Waals surface area (Å²) in [4.78, 5) is 22.0. The molecule has 0 aliphatic carbocycles. The van der Waals surface area contributed by atoms with Gasteiger partial charge in [0.05, 0.1) is 0 Å². The molecular formula is C41H28N6O2Pd2. The van der Waals surface area contributed by atoms with E-state index in [0.29, 0.717) is 28.9 Å². The third kappa shape index (κ3) is 7.24. The molecule has 8 rings (SSSR count). The number of aryl methyl sites for hydroxylation is 4. The van der Waals surface area contributed by atoms with Gasteiger partial charge < -0.3 is 24.0 Å². The largest absolute Gasteiger partial charge is 2.00 e. The number of ether oxygens (including phenoxy) is 2. The Morgan fingerprint density at radius 3 is 1.45 bits per heavy atom. The summed E-state index contributed by atoms with van der Waals surface area (Å²) in [5, 5.41) is 1.86. The summed E-state index contributed by atoms with van der Waals surface area (Å²) in [5.74, 6) is 2.64. The van der Waals surface area contributed by atoms with Crippen LogP contribution >= 0.6 is 0 Å². The number of pyridine rings is 2. The van der Waals surface area contributed by atoms with Gasteiger partial charge in [0, 0.05) is 35.4 Å². The molecule has 0 fully saturated rings. The molecule has 254 valence electrons. The molecule has 4 heterocycles. The van der Waals surface area contributed by atoms with Crippen molar-refractivity contribution in [2.45, 2.75) is 27.7 Å². The minimum atomic E-state index is 0. The van der Waals surface area contributed by atoms with Gasteiger partial charge in [-0.1, -0.05) is 71.4 Å². The fourth-order valence-corrected chi connectivity index (χ4v) is 5.68. The number of aromatic nitrogens is 6. The maximum Gasteiger partial charge on any atom is 2.00 e. The maximum absolute atomic E-state index is 6.42. The average molecular weight is 850 g/mol. The molecule has 0 saturated heterocycles. The third-order valence-corrected chi connectivity index (χ3v) is 8.23. The molecule has 0 amide bonds. The summed E-state index contributed by atoms with van der Waals surface area (Å²) in [6.07, 6.45) is 6.53. The molecule has 0 atom stereocenters. The van der Waals surface area contributed by atoms with Crippen LogP contribution in [0.1, 0.15) is 22.3 Å². The van der Waals surface area contributed by atoms with Crippen molar-refractivity contribution in [1.29, 1.82) is 0 Å². The molecule has 10 heteroatoms. The molecule has 0 aliphatic heterocycles. The molecule has 0 bridgehead atoms. The van der Waals surface area contributed by atoms with E-state index in [4.69, 9.17) is 9.47 Å². The number of benzene rings is 4. The Balaban J connectivity index is 0.00000224. The van der Waals surface area contributed by atoms with Gasteiger partial charge in [0.15, 0.2) is 0 Å². The van der Waals surface area contributed by atoms with Gasteiger partial charge in [-0.05, 0) is 37.4 Å². The fraction of sp³-hybridized carbons (Fsp3) is 0.0976. The Bertz CT molecular complexity index is 2370. The van der Waals surface area contributed by atoms with E-state index in [1.165, 1.54) is 12.7 Å². The summed E-state index contributed by atoms with van der Waals surface area (Å²) in [6, 6.07) is 37.6. The zero-order valence-corrected chi connectivity index (χ0v) is 31.0. The second kappa shape index (κ2) is 15.0. The zero-order valence-electron chi connectivity index (χ0n) is 27.9. The van der Waals surface area contributed by atoms with Crippen molar-refractivity contribution in [2.24, 2.45) is 0 Å². The minimum absolute atomic E-state index is 0. The molecule has 8 nitrogen and oxygen atoms in total. The molecule has 0 unspecified atom stereocenters. The Hall–Kier alpha value is -5.09. The van der Waals surface area contributed by atoms with Crippen molar-refractivity contribution < 1.29 is 50.3 Å². The molecule has 0 saturated carbocycles. The van der Waals surface area contributed by atoms with E-state index in [9.17, 15) is 0 Å². The van der Waals surface area contributed by atoms with Crippen LogP contribution in [0.2, 0.25) is 0 Å². The Morgan fingerprint density at radius 2 is 1.00 bits per heavy atom.